The first-order chi connectivity index (χ1) is 8.61. The molecule has 0 aromatic carbocycles. The molecule has 0 spiro atoms. The van der Waals surface area contributed by atoms with Crippen molar-refractivity contribution < 1.29 is 40.2 Å². The summed E-state index contributed by atoms with van der Waals surface area (Å²) < 4.78 is 94.8. The second-order valence-electron chi connectivity index (χ2n) is 3.62. The highest BCUT2D eigenvalue weighted by molar-refractivity contribution is 5.07. The van der Waals surface area contributed by atoms with E-state index in [2.05, 4.69) is 4.74 Å². The lowest BCUT2D eigenvalue weighted by atomic mass is 10.4. The molecule has 1 heterocycles. The highest BCUT2D eigenvalue weighted by atomic mass is 19.4. The van der Waals surface area contributed by atoms with Gasteiger partial charge in [-0.2, -0.15) is 30.7 Å². The lowest BCUT2D eigenvalue weighted by molar-refractivity contribution is -0.193. The molecule has 19 heavy (non-hydrogen) atoms. The van der Waals surface area contributed by atoms with Gasteiger partial charge < -0.3 is 14.4 Å². The minimum absolute atomic E-state index is 0.0160. The van der Waals surface area contributed by atoms with E-state index in [9.17, 15) is 30.7 Å². The maximum absolute atomic E-state index is 13.6. The minimum atomic E-state index is -5.34. The van der Waals surface area contributed by atoms with Crippen LogP contribution in [0.5, 0.6) is 0 Å². The van der Waals surface area contributed by atoms with Crippen LogP contribution in [0.2, 0.25) is 0 Å². The van der Waals surface area contributed by atoms with E-state index in [0.29, 0.717) is 4.90 Å². The van der Waals surface area contributed by atoms with E-state index in [0.717, 1.165) is 0 Å². The number of morpholine rings is 1. The van der Waals surface area contributed by atoms with Crippen LogP contribution in [0.3, 0.4) is 0 Å². The van der Waals surface area contributed by atoms with Gasteiger partial charge in [0.2, 0.25) is 5.95 Å². The second kappa shape index (κ2) is 5.85. The number of rotatable bonds is 3. The van der Waals surface area contributed by atoms with Gasteiger partial charge in [-0.25, -0.2) is 0 Å². The van der Waals surface area contributed by atoms with Crippen molar-refractivity contribution in [3.05, 3.63) is 11.7 Å². The van der Waals surface area contributed by atoms with Gasteiger partial charge in [0.1, 0.15) is 0 Å². The molecular formula is C9H10F7NO2. The largest absolute Gasteiger partial charge is 0.476 e. The minimum Gasteiger partial charge on any atom is -0.476 e. The fourth-order valence-electron chi connectivity index (χ4n) is 1.32. The van der Waals surface area contributed by atoms with Crippen molar-refractivity contribution in [2.24, 2.45) is 0 Å². The van der Waals surface area contributed by atoms with Crippen molar-refractivity contribution in [2.45, 2.75) is 12.4 Å². The molecule has 0 saturated carbocycles. The van der Waals surface area contributed by atoms with Crippen LogP contribution in [-0.2, 0) is 9.47 Å². The van der Waals surface area contributed by atoms with Gasteiger partial charge in [-0.1, -0.05) is 0 Å². The monoisotopic (exact) mass is 297 g/mol. The van der Waals surface area contributed by atoms with Crippen LogP contribution in [0.25, 0.3) is 0 Å². The summed E-state index contributed by atoms with van der Waals surface area (Å²) in [6, 6.07) is 0. The molecule has 0 radical (unpaired) electrons. The maximum atomic E-state index is 13.6. The van der Waals surface area contributed by atoms with E-state index >= 15 is 0 Å². The van der Waals surface area contributed by atoms with Crippen molar-refractivity contribution in [3.8, 4) is 0 Å². The summed E-state index contributed by atoms with van der Waals surface area (Å²) in [6.45, 7) is -2.63. The molecule has 0 amide bonds. The average molecular weight is 297 g/mol. The summed E-state index contributed by atoms with van der Waals surface area (Å²) in [5.41, 5.74) is 0. The predicted molar refractivity (Wildman–Crippen MR) is 48.6 cm³/mol. The molecule has 3 nitrogen and oxygen atoms in total. The third kappa shape index (κ3) is 5.13. The number of hydrogen-bond acceptors (Lipinski definition) is 3. The molecule has 112 valence electrons. The van der Waals surface area contributed by atoms with Crippen LogP contribution < -0.4 is 0 Å². The highest BCUT2D eigenvalue weighted by Gasteiger charge is 2.43. The van der Waals surface area contributed by atoms with Crippen LogP contribution in [0, 0.1) is 0 Å². The fraction of sp³-hybridized carbons (Fsp3) is 0.778. The summed E-state index contributed by atoms with van der Waals surface area (Å²) in [5, 5.41) is 0. The van der Waals surface area contributed by atoms with E-state index in [1.54, 1.807) is 0 Å². The maximum Gasteiger partial charge on any atom is 0.453 e. The molecule has 1 saturated heterocycles. The van der Waals surface area contributed by atoms with E-state index in [4.69, 9.17) is 4.74 Å². The predicted octanol–water partition coefficient (Wildman–Crippen LogP) is 2.60. The van der Waals surface area contributed by atoms with Gasteiger partial charge >= 0.3 is 12.4 Å². The zero-order valence-corrected chi connectivity index (χ0v) is 9.44. The molecule has 0 atom stereocenters. The summed E-state index contributed by atoms with van der Waals surface area (Å²) in [7, 11) is 0. The SMILES string of the molecule is F/C(=C(/OCC(F)(F)F)C(F)(F)F)N1CCOCC1. The van der Waals surface area contributed by atoms with Gasteiger partial charge in [-0.05, 0) is 0 Å². The first kappa shape index (κ1) is 15.9. The molecular weight excluding hydrogens is 287 g/mol. The summed E-state index contributed by atoms with van der Waals surface area (Å²) in [5.74, 6) is -4.13. The summed E-state index contributed by atoms with van der Waals surface area (Å²) in [6.07, 6.45) is -10.3. The topological polar surface area (TPSA) is 21.7 Å². The number of ether oxygens (including phenoxy) is 2. The highest BCUT2D eigenvalue weighted by Crippen LogP contribution is 2.32. The van der Waals surface area contributed by atoms with Crippen LogP contribution in [-0.4, -0.2) is 50.2 Å². The van der Waals surface area contributed by atoms with Crippen LogP contribution in [0.15, 0.2) is 11.7 Å². The summed E-state index contributed by atoms with van der Waals surface area (Å²) in [4.78, 5) is 0.628. The van der Waals surface area contributed by atoms with Crippen molar-refractivity contribution >= 4 is 0 Å². The first-order valence-electron chi connectivity index (χ1n) is 5.10. The Labute approximate surface area is 103 Å². The van der Waals surface area contributed by atoms with Crippen molar-refractivity contribution in [3.63, 3.8) is 0 Å². The molecule has 0 unspecified atom stereocenters. The first-order valence-corrected chi connectivity index (χ1v) is 5.10. The van der Waals surface area contributed by atoms with Gasteiger partial charge in [0.05, 0.1) is 13.2 Å². The molecule has 0 aromatic heterocycles. The van der Waals surface area contributed by atoms with Crippen LogP contribution in [0.1, 0.15) is 0 Å². The van der Waals surface area contributed by atoms with Gasteiger partial charge in [0.15, 0.2) is 6.61 Å². The zero-order valence-electron chi connectivity index (χ0n) is 9.44. The van der Waals surface area contributed by atoms with Gasteiger partial charge in [-0.15, -0.1) is 0 Å². The lowest BCUT2D eigenvalue weighted by Crippen LogP contribution is -2.37. The summed E-state index contributed by atoms with van der Waals surface area (Å²) >= 11 is 0. The smallest absolute Gasteiger partial charge is 0.453 e. The molecule has 0 bridgehead atoms. The number of allylic oxidation sites excluding steroid dienone is 1. The Morgan fingerprint density at radius 1 is 1.05 bits per heavy atom. The molecule has 0 aromatic rings. The van der Waals surface area contributed by atoms with Crippen molar-refractivity contribution in [1.82, 2.24) is 4.90 Å². The number of nitrogens with zero attached hydrogens (tertiary/aromatic N) is 1. The van der Waals surface area contributed by atoms with Crippen LogP contribution in [0.4, 0.5) is 30.7 Å². The molecule has 0 aliphatic carbocycles. The molecule has 1 aliphatic rings. The molecule has 1 fully saturated rings. The van der Waals surface area contributed by atoms with Crippen molar-refractivity contribution in [1.29, 1.82) is 0 Å². The Kier molecular flexibility index (Phi) is 4.88. The third-order valence-electron chi connectivity index (χ3n) is 2.11. The Morgan fingerprint density at radius 3 is 2.00 bits per heavy atom. The quantitative estimate of drug-likeness (QED) is 0.454. The Balaban J connectivity index is 2.87. The van der Waals surface area contributed by atoms with Gasteiger partial charge in [-0.3, -0.25) is 0 Å². The van der Waals surface area contributed by atoms with E-state index in [1.165, 1.54) is 0 Å². The average Bonchev–Trinajstić information content (AvgIpc) is 2.26. The second-order valence-corrected chi connectivity index (χ2v) is 3.62. The lowest BCUT2D eigenvalue weighted by Gasteiger charge is -2.28. The molecule has 10 heteroatoms. The number of alkyl halides is 6. The molecule has 1 aliphatic heterocycles. The molecule has 1 rings (SSSR count). The molecule has 0 N–H and O–H groups in total. The van der Waals surface area contributed by atoms with E-state index in [-0.39, 0.29) is 26.3 Å². The van der Waals surface area contributed by atoms with E-state index < -0.39 is 30.7 Å². The Morgan fingerprint density at radius 2 is 1.58 bits per heavy atom. The van der Waals surface area contributed by atoms with Gasteiger partial charge in [0.25, 0.3) is 5.76 Å². The normalized spacial score (nSPS) is 19.2. The van der Waals surface area contributed by atoms with Crippen molar-refractivity contribution in [2.75, 3.05) is 32.9 Å². The Hall–Kier alpha value is -1.19. The third-order valence-corrected chi connectivity index (χ3v) is 2.11. The van der Waals surface area contributed by atoms with E-state index in [1.807, 2.05) is 0 Å². The van der Waals surface area contributed by atoms with Gasteiger partial charge in [0, 0.05) is 13.1 Å². The van der Waals surface area contributed by atoms with Crippen LogP contribution >= 0.6 is 0 Å². The zero-order chi connectivity index (χ0) is 14.7. The Bertz CT molecular complexity index is 330. The number of hydrogen-bond donors (Lipinski definition) is 0. The fourth-order valence-corrected chi connectivity index (χ4v) is 1.32. The standard InChI is InChI=1S/C9H10F7NO2/c10-7(17-1-3-18-4-2-17)6(9(14,15)16)19-5-8(11,12)13/h1-5H2/b7-6-. The number of halogens is 7.